The van der Waals surface area contributed by atoms with Gasteiger partial charge in [0.1, 0.15) is 5.75 Å². The van der Waals surface area contributed by atoms with Crippen molar-refractivity contribution >= 4 is 11.6 Å². The fourth-order valence-electron chi connectivity index (χ4n) is 3.64. The Labute approximate surface area is 159 Å². The number of carbonyl (C=O) groups is 1. The van der Waals surface area contributed by atoms with E-state index in [1.54, 1.807) is 13.3 Å². The third kappa shape index (κ3) is 3.85. The molecule has 2 aromatic carbocycles. The Morgan fingerprint density at radius 2 is 1.89 bits per heavy atom. The van der Waals surface area contributed by atoms with Gasteiger partial charge in [-0.25, -0.2) is 0 Å². The molecule has 2 heterocycles. The van der Waals surface area contributed by atoms with Gasteiger partial charge in [0.25, 0.3) is 0 Å². The summed E-state index contributed by atoms with van der Waals surface area (Å²) in [5.74, 6) is 1.16. The number of rotatable bonds is 5. The zero-order valence-electron chi connectivity index (χ0n) is 15.3. The molecule has 0 saturated heterocycles. The van der Waals surface area contributed by atoms with Crippen LogP contribution >= 0.6 is 0 Å². The maximum absolute atomic E-state index is 11.6. The summed E-state index contributed by atoms with van der Waals surface area (Å²) in [6.07, 6.45) is 5.93. The SMILES string of the molecule is COc1ccc(C(Cc2cccnc2)c2ccc3c(c2)CCC(=O)N3)cc1. The lowest BCUT2D eigenvalue weighted by molar-refractivity contribution is -0.116. The van der Waals surface area contributed by atoms with Crippen LogP contribution in [-0.4, -0.2) is 18.0 Å². The summed E-state index contributed by atoms with van der Waals surface area (Å²) in [6.45, 7) is 0. The van der Waals surface area contributed by atoms with Gasteiger partial charge in [-0.1, -0.05) is 30.3 Å². The summed E-state index contributed by atoms with van der Waals surface area (Å²) in [5, 5.41) is 2.97. The Morgan fingerprint density at radius 1 is 1.07 bits per heavy atom. The van der Waals surface area contributed by atoms with Gasteiger partial charge in [-0.3, -0.25) is 9.78 Å². The fourth-order valence-corrected chi connectivity index (χ4v) is 3.64. The molecule has 4 rings (SSSR count). The monoisotopic (exact) mass is 358 g/mol. The molecule has 0 fully saturated rings. The van der Waals surface area contributed by atoms with Crippen molar-refractivity contribution in [2.45, 2.75) is 25.2 Å². The van der Waals surface area contributed by atoms with Gasteiger partial charge in [-0.2, -0.15) is 0 Å². The highest BCUT2D eigenvalue weighted by Crippen LogP contribution is 2.33. The first-order valence-electron chi connectivity index (χ1n) is 9.18. The molecular formula is C23H22N2O2. The van der Waals surface area contributed by atoms with Crippen molar-refractivity contribution in [2.75, 3.05) is 12.4 Å². The van der Waals surface area contributed by atoms with E-state index in [-0.39, 0.29) is 11.8 Å². The smallest absolute Gasteiger partial charge is 0.224 e. The molecule has 136 valence electrons. The van der Waals surface area contributed by atoms with E-state index in [9.17, 15) is 4.79 Å². The van der Waals surface area contributed by atoms with Crippen LogP contribution in [0.15, 0.2) is 67.0 Å². The van der Waals surface area contributed by atoms with Crippen LogP contribution in [0.1, 0.15) is 34.6 Å². The highest BCUT2D eigenvalue weighted by molar-refractivity contribution is 5.93. The number of methoxy groups -OCH3 is 1. The van der Waals surface area contributed by atoms with E-state index >= 15 is 0 Å². The van der Waals surface area contributed by atoms with Crippen LogP contribution in [0.5, 0.6) is 5.75 Å². The van der Waals surface area contributed by atoms with Crippen LogP contribution in [0.25, 0.3) is 0 Å². The molecule has 1 aromatic heterocycles. The summed E-state index contributed by atoms with van der Waals surface area (Å²) in [5.41, 5.74) is 5.82. The topological polar surface area (TPSA) is 51.2 Å². The number of carbonyl (C=O) groups excluding carboxylic acids is 1. The van der Waals surface area contributed by atoms with Crippen LogP contribution in [0, 0.1) is 0 Å². The van der Waals surface area contributed by atoms with E-state index < -0.39 is 0 Å². The first-order chi connectivity index (χ1) is 13.2. The van der Waals surface area contributed by atoms with E-state index in [0.717, 1.165) is 24.3 Å². The summed E-state index contributed by atoms with van der Waals surface area (Å²) in [7, 11) is 1.68. The second-order valence-electron chi connectivity index (χ2n) is 6.86. The predicted molar refractivity (Wildman–Crippen MR) is 106 cm³/mol. The molecule has 1 unspecified atom stereocenters. The molecule has 1 amide bonds. The van der Waals surface area contributed by atoms with Gasteiger partial charge in [-0.15, -0.1) is 0 Å². The average molecular weight is 358 g/mol. The van der Waals surface area contributed by atoms with Crippen LogP contribution in [0.2, 0.25) is 0 Å². The van der Waals surface area contributed by atoms with E-state index in [0.29, 0.717) is 6.42 Å². The standard InChI is InChI=1S/C23H22N2O2/c1-27-20-8-4-17(5-9-20)21(13-16-3-2-12-24-15-16)18-6-10-22-19(14-18)7-11-23(26)25-22/h2-6,8-10,12,14-15,21H,7,11,13H2,1H3,(H,25,26). The van der Waals surface area contributed by atoms with Crippen LogP contribution < -0.4 is 10.1 Å². The normalized spacial score (nSPS) is 14.2. The molecule has 4 heteroatoms. The van der Waals surface area contributed by atoms with Gasteiger partial charge in [0.15, 0.2) is 0 Å². The van der Waals surface area contributed by atoms with Gasteiger partial charge in [-0.05, 0) is 59.4 Å². The van der Waals surface area contributed by atoms with Crippen molar-refractivity contribution in [1.82, 2.24) is 4.98 Å². The minimum atomic E-state index is 0.0947. The van der Waals surface area contributed by atoms with Gasteiger partial charge >= 0.3 is 0 Å². The summed E-state index contributed by atoms with van der Waals surface area (Å²) < 4.78 is 5.31. The van der Waals surface area contributed by atoms with Crippen molar-refractivity contribution < 1.29 is 9.53 Å². The molecule has 0 saturated carbocycles. The zero-order chi connectivity index (χ0) is 18.6. The van der Waals surface area contributed by atoms with Gasteiger partial charge in [0, 0.05) is 30.4 Å². The largest absolute Gasteiger partial charge is 0.497 e. The Kier molecular flexibility index (Phi) is 4.88. The lowest BCUT2D eigenvalue weighted by Crippen LogP contribution is -2.19. The van der Waals surface area contributed by atoms with Gasteiger partial charge in [0.2, 0.25) is 5.91 Å². The number of nitrogens with zero attached hydrogens (tertiary/aromatic N) is 1. The van der Waals surface area contributed by atoms with Crippen LogP contribution in [0.3, 0.4) is 0 Å². The number of hydrogen-bond donors (Lipinski definition) is 1. The number of ether oxygens (including phenoxy) is 1. The number of anilines is 1. The van der Waals surface area contributed by atoms with E-state index in [1.807, 2.05) is 30.5 Å². The van der Waals surface area contributed by atoms with Crippen molar-refractivity contribution in [2.24, 2.45) is 0 Å². The van der Waals surface area contributed by atoms with Crippen molar-refractivity contribution in [3.05, 3.63) is 89.2 Å². The zero-order valence-corrected chi connectivity index (χ0v) is 15.3. The molecular weight excluding hydrogens is 336 g/mol. The highest BCUT2D eigenvalue weighted by Gasteiger charge is 2.20. The van der Waals surface area contributed by atoms with Crippen molar-refractivity contribution in [3.8, 4) is 5.75 Å². The summed E-state index contributed by atoms with van der Waals surface area (Å²) in [6, 6.07) is 18.7. The Hall–Kier alpha value is -3.14. The molecule has 1 N–H and O–H groups in total. The summed E-state index contributed by atoms with van der Waals surface area (Å²) >= 11 is 0. The number of amides is 1. The van der Waals surface area contributed by atoms with Gasteiger partial charge < -0.3 is 10.1 Å². The number of aryl methyl sites for hydroxylation is 1. The molecule has 0 aliphatic carbocycles. The quantitative estimate of drug-likeness (QED) is 0.738. The number of nitrogens with one attached hydrogen (secondary N) is 1. The summed E-state index contributed by atoms with van der Waals surface area (Å²) in [4.78, 5) is 15.9. The maximum atomic E-state index is 11.6. The van der Waals surface area contributed by atoms with Gasteiger partial charge in [0.05, 0.1) is 7.11 Å². The Balaban J connectivity index is 1.71. The Bertz CT molecular complexity index is 936. The number of aromatic nitrogens is 1. The second-order valence-corrected chi connectivity index (χ2v) is 6.86. The lowest BCUT2D eigenvalue weighted by atomic mass is 9.84. The van der Waals surface area contributed by atoms with E-state index in [4.69, 9.17) is 4.74 Å². The molecule has 1 atom stereocenters. The Morgan fingerprint density at radius 3 is 2.63 bits per heavy atom. The minimum Gasteiger partial charge on any atom is -0.497 e. The van der Waals surface area contributed by atoms with E-state index in [1.165, 1.54) is 22.3 Å². The van der Waals surface area contributed by atoms with Crippen molar-refractivity contribution in [3.63, 3.8) is 0 Å². The third-order valence-corrected chi connectivity index (χ3v) is 5.11. The number of hydrogen-bond acceptors (Lipinski definition) is 3. The molecule has 1 aliphatic heterocycles. The van der Waals surface area contributed by atoms with Crippen molar-refractivity contribution in [1.29, 1.82) is 0 Å². The number of fused-ring (bicyclic) bond motifs is 1. The second kappa shape index (κ2) is 7.62. The average Bonchev–Trinajstić information content (AvgIpc) is 2.72. The molecule has 0 bridgehead atoms. The van der Waals surface area contributed by atoms with Crippen LogP contribution in [0.4, 0.5) is 5.69 Å². The molecule has 4 nitrogen and oxygen atoms in total. The molecule has 27 heavy (non-hydrogen) atoms. The maximum Gasteiger partial charge on any atom is 0.224 e. The highest BCUT2D eigenvalue weighted by atomic mass is 16.5. The predicted octanol–water partition coefficient (Wildman–Crippen LogP) is 4.35. The van der Waals surface area contributed by atoms with E-state index in [2.05, 4.69) is 40.6 Å². The van der Waals surface area contributed by atoms with Crippen LogP contribution in [-0.2, 0) is 17.6 Å². The molecule has 1 aliphatic rings. The first-order valence-corrected chi connectivity index (χ1v) is 9.18. The number of pyridine rings is 1. The molecule has 0 radical (unpaired) electrons. The lowest BCUT2D eigenvalue weighted by Gasteiger charge is -2.22. The first kappa shape index (κ1) is 17.3. The fraction of sp³-hybridized carbons (Fsp3) is 0.217. The minimum absolute atomic E-state index is 0.0947. The number of benzene rings is 2. The molecule has 3 aromatic rings. The molecule has 0 spiro atoms. The third-order valence-electron chi connectivity index (χ3n) is 5.11.